The lowest BCUT2D eigenvalue weighted by Crippen LogP contribution is -2.42. The third kappa shape index (κ3) is 3.63. The summed E-state index contributed by atoms with van der Waals surface area (Å²) in [7, 11) is 0. The molecule has 0 amide bonds. The minimum Gasteiger partial charge on any atom is -0.370 e. The topological polar surface area (TPSA) is 50.4 Å². The molecule has 0 spiro atoms. The standard InChI is InChI=1S/C15H29N3/c1-11-7-6-10-14(12(11)2)18-15(16)17-13-8-4-3-5-9-13/h11-14H,3-10H2,1-2H3,(H3,16,17,18). The maximum atomic E-state index is 6.08. The van der Waals surface area contributed by atoms with E-state index in [2.05, 4.69) is 19.2 Å². The summed E-state index contributed by atoms with van der Waals surface area (Å²) in [6.07, 6.45) is 10.4. The predicted molar refractivity (Wildman–Crippen MR) is 77.6 cm³/mol. The molecule has 2 aliphatic rings. The van der Waals surface area contributed by atoms with Gasteiger partial charge in [-0.3, -0.25) is 0 Å². The zero-order chi connectivity index (χ0) is 13.0. The second kappa shape index (κ2) is 6.44. The number of nitrogens with two attached hydrogens (primary N) is 1. The molecule has 0 radical (unpaired) electrons. The van der Waals surface area contributed by atoms with E-state index in [1.54, 1.807) is 0 Å². The molecule has 3 unspecified atom stereocenters. The maximum absolute atomic E-state index is 6.08. The van der Waals surface area contributed by atoms with Crippen LogP contribution in [0.5, 0.6) is 0 Å². The van der Waals surface area contributed by atoms with E-state index in [0.717, 1.165) is 5.92 Å². The van der Waals surface area contributed by atoms with Gasteiger partial charge in [-0.2, -0.15) is 0 Å². The van der Waals surface area contributed by atoms with Gasteiger partial charge in [0, 0.05) is 6.04 Å². The molecule has 0 bridgehead atoms. The van der Waals surface area contributed by atoms with Gasteiger partial charge in [0.15, 0.2) is 5.96 Å². The van der Waals surface area contributed by atoms with Crippen LogP contribution < -0.4 is 11.1 Å². The summed E-state index contributed by atoms with van der Waals surface area (Å²) in [6, 6.07) is 1.00. The van der Waals surface area contributed by atoms with Crippen molar-refractivity contribution in [2.75, 3.05) is 0 Å². The normalized spacial score (nSPS) is 35.4. The molecule has 3 heteroatoms. The number of hydrogen-bond acceptors (Lipinski definition) is 1. The van der Waals surface area contributed by atoms with Crippen LogP contribution in [-0.2, 0) is 0 Å². The van der Waals surface area contributed by atoms with E-state index < -0.39 is 0 Å². The third-order valence-electron chi connectivity index (χ3n) is 4.93. The van der Waals surface area contributed by atoms with Crippen molar-refractivity contribution in [3.05, 3.63) is 0 Å². The molecule has 0 aromatic carbocycles. The summed E-state index contributed by atoms with van der Waals surface area (Å²) in [5.41, 5.74) is 6.08. The zero-order valence-electron chi connectivity index (χ0n) is 12.0. The minimum absolute atomic E-state index is 0.435. The van der Waals surface area contributed by atoms with Crippen molar-refractivity contribution >= 4 is 5.96 Å². The average molecular weight is 251 g/mol. The number of nitrogens with one attached hydrogen (secondary N) is 1. The summed E-state index contributed by atoms with van der Waals surface area (Å²) >= 11 is 0. The first-order valence-corrected chi connectivity index (χ1v) is 7.76. The van der Waals surface area contributed by atoms with E-state index in [0.29, 0.717) is 24.0 Å². The number of rotatable bonds is 2. The van der Waals surface area contributed by atoms with Crippen LogP contribution in [0, 0.1) is 11.8 Å². The zero-order valence-corrected chi connectivity index (χ0v) is 12.0. The Morgan fingerprint density at radius 3 is 2.44 bits per heavy atom. The summed E-state index contributed by atoms with van der Waals surface area (Å²) in [5, 5.41) is 3.43. The second-order valence-corrected chi connectivity index (χ2v) is 6.33. The molecule has 2 aliphatic carbocycles. The van der Waals surface area contributed by atoms with Gasteiger partial charge in [0.05, 0.1) is 6.04 Å². The molecule has 18 heavy (non-hydrogen) atoms. The molecular formula is C15H29N3. The Morgan fingerprint density at radius 1 is 1.00 bits per heavy atom. The molecule has 2 rings (SSSR count). The van der Waals surface area contributed by atoms with Gasteiger partial charge in [-0.05, 0) is 31.1 Å². The largest absolute Gasteiger partial charge is 0.370 e. The highest BCUT2D eigenvalue weighted by Gasteiger charge is 2.27. The Hall–Kier alpha value is -0.730. The maximum Gasteiger partial charge on any atom is 0.189 e. The fraction of sp³-hybridized carbons (Fsp3) is 0.933. The van der Waals surface area contributed by atoms with Gasteiger partial charge in [-0.1, -0.05) is 46.0 Å². The first-order chi connectivity index (χ1) is 8.66. The van der Waals surface area contributed by atoms with Crippen LogP contribution in [0.25, 0.3) is 0 Å². The van der Waals surface area contributed by atoms with E-state index in [-0.39, 0.29) is 0 Å². The van der Waals surface area contributed by atoms with Crippen LogP contribution in [0.2, 0.25) is 0 Å². The van der Waals surface area contributed by atoms with Crippen molar-refractivity contribution in [2.45, 2.75) is 77.3 Å². The van der Waals surface area contributed by atoms with Crippen molar-refractivity contribution in [2.24, 2.45) is 22.6 Å². The second-order valence-electron chi connectivity index (χ2n) is 6.33. The number of guanidine groups is 1. The summed E-state index contributed by atoms with van der Waals surface area (Å²) in [4.78, 5) is 4.74. The molecule has 0 aromatic heterocycles. The van der Waals surface area contributed by atoms with E-state index in [4.69, 9.17) is 10.7 Å². The van der Waals surface area contributed by atoms with Gasteiger partial charge >= 0.3 is 0 Å². The molecule has 2 saturated carbocycles. The Bertz CT molecular complexity index is 281. The molecule has 0 saturated heterocycles. The minimum atomic E-state index is 0.435. The average Bonchev–Trinajstić information content (AvgIpc) is 2.36. The van der Waals surface area contributed by atoms with Crippen LogP contribution in [0.1, 0.15) is 65.2 Å². The highest BCUT2D eigenvalue weighted by atomic mass is 15.1. The Kier molecular flexibility index (Phi) is 4.90. The van der Waals surface area contributed by atoms with E-state index in [1.807, 2.05) is 0 Å². The van der Waals surface area contributed by atoms with Gasteiger partial charge in [0.2, 0.25) is 0 Å². The third-order valence-corrected chi connectivity index (χ3v) is 4.93. The molecule has 0 aromatic rings. The summed E-state index contributed by atoms with van der Waals surface area (Å²) in [6.45, 7) is 4.67. The highest BCUT2D eigenvalue weighted by molar-refractivity contribution is 5.78. The Labute approximate surface area is 112 Å². The highest BCUT2D eigenvalue weighted by Crippen LogP contribution is 2.31. The van der Waals surface area contributed by atoms with Crippen molar-refractivity contribution in [1.82, 2.24) is 5.32 Å². The van der Waals surface area contributed by atoms with Crippen molar-refractivity contribution in [3.63, 3.8) is 0 Å². The Morgan fingerprint density at radius 2 is 1.72 bits per heavy atom. The van der Waals surface area contributed by atoms with Crippen LogP contribution in [0.4, 0.5) is 0 Å². The van der Waals surface area contributed by atoms with Gasteiger partial charge in [-0.25, -0.2) is 4.99 Å². The van der Waals surface area contributed by atoms with Gasteiger partial charge in [0.25, 0.3) is 0 Å². The predicted octanol–water partition coefficient (Wildman–Crippen LogP) is 3.05. The number of hydrogen-bond donors (Lipinski definition) is 2. The van der Waals surface area contributed by atoms with Gasteiger partial charge in [0.1, 0.15) is 0 Å². The van der Waals surface area contributed by atoms with Crippen LogP contribution in [0.3, 0.4) is 0 Å². The molecule has 3 N–H and O–H groups in total. The number of nitrogens with zero attached hydrogens (tertiary/aromatic N) is 1. The van der Waals surface area contributed by atoms with Gasteiger partial charge in [-0.15, -0.1) is 0 Å². The first-order valence-electron chi connectivity index (χ1n) is 7.76. The fourth-order valence-electron chi connectivity index (χ4n) is 3.41. The molecule has 104 valence electrons. The quantitative estimate of drug-likeness (QED) is 0.585. The summed E-state index contributed by atoms with van der Waals surface area (Å²) < 4.78 is 0. The Balaban J connectivity index is 1.86. The van der Waals surface area contributed by atoms with Gasteiger partial charge < -0.3 is 11.1 Å². The molecule has 3 nitrogen and oxygen atoms in total. The monoisotopic (exact) mass is 251 g/mol. The van der Waals surface area contributed by atoms with Crippen LogP contribution in [-0.4, -0.2) is 18.0 Å². The molecule has 0 heterocycles. The first kappa shape index (κ1) is 13.7. The van der Waals surface area contributed by atoms with E-state index >= 15 is 0 Å². The lowest BCUT2D eigenvalue weighted by molar-refractivity contribution is 0.241. The fourth-order valence-corrected chi connectivity index (χ4v) is 3.41. The van der Waals surface area contributed by atoms with Crippen LogP contribution in [0.15, 0.2) is 4.99 Å². The van der Waals surface area contributed by atoms with E-state index in [9.17, 15) is 0 Å². The molecule has 2 fully saturated rings. The summed E-state index contributed by atoms with van der Waals surface area (Å²) in [5.74, 6) is 2.15. The molecule has 3 atom stereocenters. The SMILES string of the molecule is CC1CCCC(N=C(N)NC2CCCCC2)C1C. The van der Waals surface area contributed by atoms with Crippen LogP contribution >= 0.6 is 0 Å². The molecular weight excluding hydrogens is 222 g/mol. The lowest BCUT2D eigenvalue weighted by Gasteiger charge is -2.32. The van der Waals surface area contributed by atoms with E-state index in [1.165, 1.54) is 51.4 Å². The number of aliphatic imine (C=N–C) groups is 1. The lowest BCUT2D eigenvalue weighted by atomic mass is 9.78. The van der Waals surface area contributed by atoms with Crippen molar-refractivity contribution in [1.29, 1.82) is 0 Å². The smallest absolute Gasteiger partial charge is 0.189 e. The van der Waals surface area contributed by atoms with Crippen molar-refractivity contribution < 1.29 is 0 Å². The van der Waals surface area contributed by atoms with Crippen molar-refractivity contribution in [3.8, 4) is 0 Å². The molecule has 0 aliphatic heterocycles.